The minimum Gasteiger partial charge on any atom is -0.198 e. The smallest absolute Gasteiger partial charge is 0.198 e. The van der Waals surface area contributed by atoms with Crippen molar-refractivity contribution in [2.45, 2.75) is 26.2 Å². The van der Waals surface area contributed by atoms with Crippen molar-refractivity contribution in [2.24, 2.45) is 0 Å². The molecule has 0 radical (unpaired) electrons. The minimum absolute atomic E-state index is 0.251. The van der Waals surface area contributed by atoms with Crippen LogP contribution in [-0.4, -0.2) is 43.2 Å². The summed E-state index contributed by atoms with van der Waals surface area (Å²) in [4.78, 5) is 0. The Morgan fingerprint density at radius 3 is 2.47 bits per heavy atom. The summed E-state index contributed by atoms with van der Waals surface area (Å²) >= 11 is 0. The number of rotatable bonds is 5. The molecule has 86 valence electrons. The summed E-state index contributed by atoms with van der Waals surface area (Å²) in [7, 11) is -3.31. The molecule has 0 atom stereocenters. The summed E-state index contributed by atoms with van der Waals surface area (Å²) in [6.07, 6.45) is 2.13. The zero-order valence-electron chi connectivity index (χ0n) is 9.02. The van der Waals surface area contributed by atoms with Gasteiger partial charge < -0.3 is 0 Å². The first-order valence-electron chi connectivity index (χ1n) is 5.25. The van der Waals surface area contributed by atoms with E-state index in [9.17, 15) is 8.42 Å². The Kier molecular flexibility index (Phi) is 4.51. The molecule has 0 aliphatic carbocycles. The highest BCUT2D eigenvalue weighted by atomic mass is 32.2. The maximum atomic E-state index is 12.0. The van der Waals surface area contributed by atoms with Crippen LogP contribution in [0, 0.1) is 11.3 Å². The molecule has 0 bridgehead atoms. The van der Waals surface area contributed by atoms with Crippen molar-refractivity contribution in [3.05, 3.63) is 0 Å². The zero-order valence-corrected chi connectivity index (χ0v) is 9.83. The van der Waals surface area contributed by atoms with Crippen LogP contribution in [-0.2, 0) is 10.2 Å². The van der Waals surface area contributed by atoms with Gasteiger partial charge in [0.25, 0.3) is 10.2 Å². The summed E-state index contributed by atoms with van der Waals surface area (Å²) in [6.45, 7) is 3.76. The van der Waals surface area contributed by atoms with E-state index in [1.165, 1.54) is 8.61 Å². The fraction of sp³-hybridized carbons (Fsp3) is 0.889. The lowest BCUT2D eigenvalue weighted by Crippen LogP contribution is -2.42. The lowest BCUT2D eigenvalue weighted by atomic mass is 10.4. The van der Waals surface area contributed by atoms with E-state index < -0.39 is 10.2 Å². The molecule has 0 saturated carbocycles. The molecule has 6 heteroatoms. The lowest BCUT2D eigenvalue weighted by molar-refractivity contribution is 0.374. The van der Waals surface area contributed by atoms with Gasteiger partial charge in [0.1, 0.15) is 0 Å². The fourth-order valence-electron chi connectivity index (χ4n) is 1.69. The molecule has 0 aromatic carbocycles. The van der Waals surface area contributed by atoms with E-state index in [-0.39, 0.29) is 6.42 Å². The molecule has 0 spiro atoms. The van der Waals surface area contributed by atoms with Crippen LogP contribution in [0.1, 0.15) is 26.2 Å². The van der Waals surface area contributed by atoms with Crippen LogP contribution in [0.3, 0.4) is 0 Å². The molecule has 15 heavy (non-hydrogen) atoms. The molecule has 1 heterocycles. The number of hydrogen-bond acceptors (Lipinski definition) is 3. The summed E-state index contributed by atoms with van der Waals surface area (Å²) < 4.78 is 26.9. The Balaban J connectivity index is 2.68. The monoisotopic (exact) mass is 231 g/mol. The van der Waals surface area contributed by atoms with Crippen molar-refractivity contribution in [1.29, 1.82) is 5.26 Å². The first-order valence-corrected chi connectivity index (χ1v) is 6.64. The molecule has 0 aromatic rings. The van der Waals surface area contributed by atoms with Gasteiger partial charge in [-0.2, -0.15) is 22.3 Å². The Morgan fingerprint density at radius 1 is 1.40 bits per heavy atom. The standard InChI is InChI=1S/C9H17N3O2S/c1-2-11(9-5-6-10)15(13,14)12-7-3-4-8-12/h2-5,7-9H2,1H3. The Labute approximate surface area is 91.5 Å². The van der Waals surface area contributed by atoms with Gasteiger partial charge >= 0.3 is 0 Å². The summed E-state index contributed by atoms with van der Waals surface area (Å²) in [5.41, 5.74) is 0. The van der Waals surface area contributed by atoms with Gasteiger partial charge in [0, 0.05) is 32.6 Å². The Morgan fingerprint density at radius 2 is 2.00 bits per heavy atom. The predicted octanol–water partition coefficient (Wildman–Crippen LogP) is 0.563. The molecule has 1 fully saturated rings. The largest absolute Gasteiger partial charge is 0.281 e. The van der Waals surface area contributed by atoms with Gasteiger partial charge in [-0.15, -0.1) is 0 Å². The van der Waals surface area contributed by atoms with Crippen molar-refractivity contribution in [3.8, 4) is 6.07 Å². The minimum atomic E-state index is -3.31. The predicted molar refractivity (Wildman–Crippen MR) is 57.2 cm³/mol. The van der Waals surface area contributed by atoms with Crippen molar-refractivity contribution in [3.63, 3.8) is 0 Å². The second kappa shape index (κ2) is 5.45. The van der Waals surface area contributed by atoms with Crippen molar-refractivity contribution < 1.29 is 8.42 Å². The van der Waals surface area contributed by atoms with E-state index in [1.54, 1.807) is 6.92 Å². The molecule has 0 N–H and O–H groups in total. The van der Waals surface area contributed by atoms with Crippen molar-refractivity contribution in [1.82, 2.24) is 8.61 Å². The van der Waals surface area contributed by atoms with E-state index in [0.29, 0.717) is 26.2 Å². The van der Waals surface area contributed by atoms with Crippen LogP contribution < -0.4 is 0 Å². The van der Waals surface area contributed by atoms with E-state index in [2.05, 4.69) is 0 Å². The molecular weight excluding hydrogens is 214 g/mol. The highest BCUT2D eigenvalue weighted by Crippen LogP contribution is 2.16. The van der Waals surface area contributed by atoms with E-state index >= 15 is 0 Å². The van der Waals surface area contributed by atoms with Crippen LogP contribution in [0.25, 0.3) is 0 Å². The van der Waals surface area contributed by atoms with Crippen LogP contribution >= 0.6 is 0 Å². The van der Waals surface area contributed by atoms with Crippen LogP contribution in [0.15, 0.2) is 0 Å². The molecule has 1 aliphatic rings. The van der Waals surface area contributed by atoms with Crippen LogP contribution in [0.4, 0.5) is 0 Å². The Hall–Kier alpha value is -0.640. The molecule has 0 amide bonds. The number of hydrogen-bond donors (Lipinski definition) is 0. The lowest BCUT2D eigenvalue weighted by Gasteiger charge is -2.25. The summed E-state index contributed by atoms with van der Waals surface area (Å²) in [6, 6.07) is 1.97. The molecule has 0 unspecified atom stereocenters. The maximum Gasteiger partial charge on any atom is 0.281 e. The maximum absolute atomic E-state index is 12.0. The highest BCUT2D eigenvalue weighted by Gasteiger charge is 2.30. The van der Waals surface area contributed by atoms with Crippen LogP contribution in [0.5, 0.6) is 0 Å². The van der Waals surface area contributed by atoms with Gasteiger partial charge in [-0.3, -0.25) is 0 Å². The third kappa shape index (κ3) is 2.91. The topological polar surface area (TPSA) is 64.4 Å². The first-order chi connectivity index (χ1) is 7.12. The second-order valence-electron chi connectivity index (χ2n) is 3.51. The second-order valence-corrected chi connectivity index (χ2v) is 5.44. The van der Waals surface area contributed by atoms with E-state index in [0.717, 1.165) is 12.8 Å². The third-order valence-electron chi connectivity index (χ3n) is 2.54. The van der Waals surface area contributed by atoms with E-state index in [1.807, 2.05) is 6.07 Å². The fourth-order valence-corrected chi connectivity index (χ4v) is 3.39. The van der Waals surface area contributed by atoms with Gasteiger partial charge in [-0.1, -0.05) is 6.92 Å². The number of nitriles is 1. The van der Waals surface area contributed by atoms with Gasteiger partial charge in [0.05, 0.1) is 6.07 Å². The highest BCUT2D eigenvalue weighted by molar-refractivity contribution is 7.86. The van der Waals surface area contributed by atoms with Gasteiger partial charge in [0.15, 0.2) is 0 Å². The zero-order chi connectivity index (χ0) is 11.3. The van der Waals surface area contributed by atoms with Gasteiger partial charge in [0.2, 0.25) is 0 Å². The quantitative estimate of drug-likeness (QED) is 0.694. The molecule has 1 rings (SSSR count). The molecular formula is C9H17N3O2S. The molecule has 1 aliphatic heterocycles. The SMILES string of the molecule is CCN(CCC#N)S(=O)(=O)N1CCCC1. The van der Waals surface area contributed by atoms with Crippen molar-refractivity contribution >= 4 is 10.2 Å². The number of nitrogens with zero attached hydrogens (tertiary/aromatic N) is 3. The van der Waals surface area contributed by atoms with Gasteiger partial charge in [-0.25, -0.2) is 0 Å². The average molecular weight is 231 g/mol. The Bertz CT molecular complexity index is 328. The average Bonchev–Trinajstić information content (AvgIpc) is 2.72. The summed E-state index contributed by atoms with van der Waals surface area (Å²) in [5.74, 6) is 0. The summed E-state index contributed by atoms with van der Waals surface area (Å²) in [5, 5.41) is 8.46. The van der Waals surface area contributed by atoms with Crippen LogP contribution in [0.2, 0.25) is 0 Å². The third-order valence-corrected chi connectivity index (χ3v) is 4.65. The van der Waals surface area contributed by atoms with Gasteiger partial charge in [-0.05, 0) is 12.8 Å². The van der Waals surface area contributed by atoms with E-state index in [4.69, 9.17) is 5.26 Å². The molecule has 5 nitrogen and oxygen atoms in total. The molecule has 0 aromatic heterocycles. The molecule has 1 saturated heterocycles. The normalized spacial score (nSPS) is 18.2. The van der Waals surface area contributed by atoms with Crippen molar-refractivity contribution in [2.75, 3.05) is 26.2 Å². The first kappa shape index (κ1) is 12.4.